The maximum absolute atomic E-state index is 12.4. The van der Waals surface area contributed by atoms with Crippen molar-refractivity contribution in [2.45, 2.75) is 10.9 Å². The van der Waals surface area contributed by atoms with Gasteiger partial charge in [0.2, 0.25) is 6.79 Å². The van der Waals surface area contributed by atoms with Crippen LogP contribution in [0.15, 0.2) is 82.9 Å². The summed E-state index contributed by atoms with van der Waals surface area (Å²) in [7, 11) is 0. The SMILES string of the molecule is O=c1cc(CSc2nc(Nc3ccc4c(c3)OCO4)c3ccccc3n2)nc2ccccn12. The lowest BCUT2D eigenvalue weighted by atomic mass is 10.2. The second kappa shape index (κ2) is 8.10. The Labute approximate surface area is 192 Å². The van der Waals surface area contributed by atoms with Crippen LogP contribution in [-0.4, -0.2) is 26.1 Å². The number of rotatable bonds is 5. The lowest BCUT2D eigenvalue weighted by molar-refractivity contribution is 0.174. The molecule has 33 heavy (non-hydrogen) atoms. The summed E-state index contributed by atoms with van der Waals surface area (Å²) >= 11 is 1.43. The van der Waals surface area contributed by atoms with Crippen molar-refractivity contribution in [1.82, 2.24) is 19.4 Å². The summed E-state index contributed by atoms with van der Waals surface area (Å²) in [5.41, 5.74) is 2.84. The monoisotopic (exact) mass is 455 g/mol. The first-order chi connectivity index (χ1) is 16.2. The van der Waals surface area contributed by atoms with E-state index in [1.54, 1.807) is 12.3 Å². The number of benzene rings is 2. The molecule has 4 heterocycles. The van der Waals surface area contributed by atoms with Crippen molar-refractivity contribution < 1.29 is 9.47 Å². The molecule has 0 atom stereocenters. The van der Waals surface area contributed by atoms with E-state index in [0.29, 0.717) is 33.8 Å². The number of ether oxygens (including phenoxy) is 2. The lowest BCUT2D eigenvalue weighted by Gasteiger charge is -2.11. The van der Waals surface area contributed by atoms with Crippen LogP contribution in [-0.2, 0) is 5.75 Å². The molecule has 8 nitrogen and oxygen atoms in total. The molecule has 1 aliphatic heterocycles. The second-order valence-corrected chi connectivity index (χ2v) is 8.31. The van der Waals surface area contributed by atoms with Crippen LogP contribution in [0.2, 0.25) is 0 Å². The first-order valence-corrected chi connectivity index (χ1v) is 11.3. The van der Waals surface area contributed by atoms with Crippen LogP contribution in [0, 0.1) is 0 Å². The predicted molar refractivity (Wildman–Crippen MR) is 126 cm³/mol. The Balaban J connectivity index is 1.31. The lowest BCUT2D eigenvalue weighted by Crippen LogP contribution is -2.14. The van der Waals surface area contributed by atoms with Gasteiger partial charge in [-0.3, -0.25) is 9.20 Å². The average Bonchev–Trinajstić information content (AvgIpc) is 3.31. The molecule has 1 N–H and O–H groups in total. The molecule has 0 amide bonds. The highest BCUT2D eigenvalue weighted by Gasteiger charge is 2.15. The Morgan fingerprint density at radius 2 is 1.82 bits per heavy atom. The number of hydrogen-bond donors (Lipinski definition) is 1. The summed E-state index contributed by atoms with van der Waals surface area (Å²) in [4.78, 5) is 26.4. The molecule has 2 aromatic carbocycles. The van der Waals surface area contributed by atoms with Gasteiger partial charge < -0.3 is 14.8 Å². The minimum Gasteiger partial charge on any atom is -0.454 e. The first kappa shape index (κ1) is 19.6. The highest BCUT2D eigenvalue weighted by Crippen LogP contribution is 2.36. The summed E-state index contributed by atoms with van der Waals surface area (Å²) in [5, 5.41) is 4.87. The average molecular weight is 455 g/mol. The van der Waals surface area contributed by atoms with E-state index in [2.05, 4.69) is 10.3 Å². The van der Waals surface area contributed by atoms with E-state index in [-0.39, 0.29) is 12.4 Å². The van der Waals surface area contributed by atoms with Crippen molar-refractivity contribution in [3.05, 3.63) is 89.0 Å². The van der Waals surface area contributed by atoms with Gasteiger partial charge in [0.05, 0.1) is 11.2 Å². The molecule has 0 aliphatic carbocycles. The summed E-state index contributed by atoms with van der Waals surface area (Å²) in [6, 6.07) is 20.5. The van der Waals surface area contributed by atoms with Gasteiger partial charge in [-0.15, -0.1) is 0 Å². The van der Waals surface area contributed by atoms with Crippen LogP contribution in [0.1, 0.15) is 5.69 Å². The fourth-order valence-electron chi connectivity index (χ4n) is 3.64. The number of fused-ring (bicyclic) bond motifs is 3. The van der Waals surface area contributed by atoms with Crippen LogP contribution in [0.4, 0.5) is 11.5 Å². The van der Waals surface area contributed by atoms with E-state index in [1.165, 1.54) is 16.2 Å². The topological polar surface area (TPSA) is 90.6 Å². The number of aromatic nitrogens is 4. The Morgan fingerprint density at radius 1 is 0.939 bits per heavy atom. The van der Waals surface area contributed by atoms with Crippen LogP contribution in [0.3, 0.4) is 0 Å². The number of nitrogens with zero attached hydrogens (tertiary/aromatic N) is 4. The van der Waals surface area contributed by atoms with Gasteiger partial charge in [0.1, 0.15) is 11.5 Å². The third-order valence-corrected chi connectivity index (χ3v) is 6.07. The molecule has 0 unspecified atom stereocenters. The molecule has 0 bridgehead atoms. The fraction of sp³-hybridized carbons (Fsp3) is 0.0833. The van der Waals surface area contributed by atoms with E-state index in [0.717, 1.165) is 22.3 Å². The smallest absolute Gasteiger partial charge is 0.258 e. The van der Waals surface area contributed by atoms with Crippen molar-refractivity contribution in [2.75, 3.05) is 12.1 Å². The van der Waals surface area contributed by atoms with Crippen molar-refractivity contribution >= 4 is 39.8 Å². The molecule has 6 rings (SSSR count). The highest BCUT2D eigenvalue weighted by molar-refractivity contribution is 7.98. The molecule has 5 aromatic rings. The molecule has 0 fully saturated rings. The van der Waals surface area contributed by atoms with E-state index >= 15 is 0 Å². The zero-order chi connectivity index (χ0) is 22.2. The zero-order valence-corrected chi connectivity index (χ0v) is 18.1. The van der Waals surface area contributed by atoms with Gasteiger partial charge in [-0.05, 0) is 36.4 Å². The minimum absolute atomic E-state index is 0.110. The number of thioether (sulfide) groups is 1. The van der Waals surface area contributed by atoms with Crippen LogP contribution >= 0.6 is 11.8 Å². The molecule has 0 saturated carbocycles. The quantitative estimate of drug-likeness (QED) is 0.308. The number of hydrogen-bond acceptors (Lipinski definition) is 8. The van der Waals surface area contributed by atoms with Crippen LogP contribution in [0.25, 0.3) is 16.6 Å². The standard InChI is InChI=1S/C24H17N5O3S/c30-22-12-16(25-21-7-3-4-10-29(21)22)13-33-24-27-18-6-2-1-5-17(18)23(28-24)26-15-8-9-19-20(11-15)32-14-31-19/h1-12H,13-14H2,(H,26,27,28). The maximum atomic E-state index is 12.4. The summed E-state index contributed by atoms with van der Waals surface area (Å²) in [5.74, 6) is 2.58. The maximum Gasteiger partial charge on any atom is 0.258 e. The molecule has 0 saturated heterocycles. The molecule has 3 aromatic heterocycles. The highest BCUT2D eigenvalue weighted by atomic mass is 32.2. The molecule has 0 spiro atoms. The molecular weight excluding hydrogens is 438 g/mol. The van der Waals surface area contributed by atoms with Crippen molar-refractivity contribution in [1.29, 1.82) is 0 Å². The number of nitrogens with one attached hydrogen (secondary N) is 1. The van der Waals surface area contributed by atoms with Crippen molar-refractivity contribution in [3.63, 3.8) is 0 Å². The van der Waals surface area contributed by atoms with Gasteiger partial charge in [0, 0.05) is 35.2 Å². The largest absolute Gasteiger partial charge is 0.454 e. The molecule has 162 valence electrons. The number of pyridine rings is 1. The van der Waals surface area contributed by atoms with Gasteiger partial charge in [-0.1, -0.05) is 30.0 Å². The Kier molecular flexibility index (Phi) is 4.80. The summed E-state index contributed by atoms with van der Waals surface area (Å²) in [6.45, 7) is 0.225. The predicted octanol–water partition coefficient (Wildman–Crippen LogP) is 4.40. The van der Waals surface area contributed by atoms with E-state index in [4.69, 9.17) is 19.4 Å². The number of anilines is 2. The van der Waals surface area contributed by atoms with Gasteiger partial charge in [0.25, 0.3) is 5.56 Å². The van der Waals surface area contributed by atoms with Crippen LogP contribution in [0.5, 0.6) is 11.5 Å². The van der Waals surface area contributed by atoms with E-state index in [9.17, 15) is 4.79 Å². The Bertz CT molecular complexity index is 1570. The zero-order valence-electron chi connectivity index (χ0n) is 17.3. The Hall–Kier alpha value is -4.11. The minimum atomic E-state index is -0.110. The molecule has 9 heteroatoms. The van der Waals surface area contributed by atoms with Gasteiger partial charge >= 0.3 is 0 Å². The number of para-hydroxylation sites is 1. The third kappa shape index (κ3) is 3.83. The summed E-state index contributed by atoms with van der Waals surface area (Å²) in [6.07, 6.45) is 1.71. The van der Waals surface area contributed by atoms with E-state index in [1.807, 2.05) is 60.7 Å². The summed E-state index contributed by atoms with van der Waals surface area (Å²) < 4.78 is 12.4. The van der Waals surface area contributed by atoms with E-state index < -0.39 is 0 Å². The van der Waals surface area contributed by atoms with Gasteiger partial charge in [-0.2, -0.15) is 0 Å². The van der Waals surface area contributed by atoms with Crippen molar-refractivity contribution in [3.8, 4) is 11.5 Å². The van der Waals surface area contributed by atoms with Gasteiger partial charge in [0.15, 0.2) is 16.7 Å². The Morgan fingerprint density at radius 3 is 2.79 bits per heavy atom. The molecular formula is C24H17N5O3S. The normalized spacial score (nSPS) is 12.4. The van der Waals surface area contributed by atoms with Gasteiger partial charge in [-0.25, -0.2) is 15.0 Å². The molecule has 1 aliphatic rings. The third-order valence-electron chi connectivity index (χ3n) is 5.19. The fourth-order valence-corrected chi connectivity index (χ4v) is 4.39. The first-order valence-electron chi connectivity index (χ1n) is 10.3. The van der Waals surface area contributed by atoms with Crippen molar-refractivity contribution in [2.24, 2.45) is 0 Å². The molecule has 0 radical (unpaired) electrons. The second-order valence-electron chi connectivity index (χ2n) is 7.37. The van der Waals surface area contributed by atoms with Crippen LogP contribution < -0.4 is 20.3 Å².